The van der Waals surface area contributed by atoms with E-state index in [2.05, 4.69) is 10.2 Å². The molecule has 5 nitrogen and oxygen atoms in total. The summed E-state index contributed by atoms with van der Waals surface area (Å²) in [5.74, 6) is -0.648. The van der Waals surface area contributed by atoms with Crippen LogP contribution in [0.2, 0.25) is 0 Å². The standard InChI is InChI=1S/C11H20N2O3/c1-2-10(14)12-9-3-6-13(7-4-9)8-5-11(15)16/h9H,2-8H2,1H3,(H,12,14)(H,15,16). The predicted molar refractivity (Wildman–Crippen MR) is 60.1 cm³/mol. The van der Waals surface area contributed by atoms with Crippen LogP contribution in [0.3, 0.4) is 0 Å². The van der Waals surface area contributed by atoms with E-state index in [9.17, 15) is 9.59 Å². The van der Waals surface area contributed by atoms with Gasteiger partial charge in [-0.1, -0.05) is 6.92 Å². The van der Waals surface area contributed by atoms with E-state index < -0.39 is 5.97 Å². The fourth-order valence-corrected chi connectivity index (χ4v) is 1.88. The molecule has 0 unspecified atom stereocenters. The summed E-state index contributed by atoms with van der Waals surface area (Å²) in [6, 6.07) is 0.272. The van der Waals surface area contributed by atoms with Crippen molar-refractivity contribution in [1.82, 2.24) is 10.2 Å². The van der Waals surface area contributed by atoms with Crippen LogP contribution in [-0.4, -0.2) is 47.6 Å². The van der Waals surface area contributed by atoms with Crippen molar-refractivity contribution in [1.29, 1.82) is 0 Å². The van der Waals surface area contributed by atoms with Crippen LogP contribution in [-0.2, 0) is 9.59 Å². The monoisotopic (exact) mass is 228 g/mol. The van der Waals surface area contributed by atoms with E-state index in [1.165, 1.54) is 0 Å². The summed E-state index contributed by atoms with van der Waals surface area (Å²) in [6.07, 6.45) is 2.57. The summed E-state index contributed by atoms with van der Waals surface area (Å²) in [7, 11) is 0. The second kappa shape index (κ2) is 6.48. The highest BCUT2D eigenvalue weighted by atomic mass is 16.4. The molecule has 0 aromatic carbocycles. The van der Waals surface area contributed by atoms with Gasteiger partial charge in [-0.25, -0.2) is 0 Å². The van der Waals surface area contributed by atoms with Crippen molar-refractivity contribution in [3.05, 3.63) is 0 Å². The molecule has 5 heteroatoms. The number of piperidine rings is 1. The van der Waals surface area contributed by atoms with Gasteiger partial charge >= 0.3 is 5.97 Å². The molecule has 0 radical (unpaired) electrons. The maximum Gasteiger partial charge on any atom is 0.304 e. The van der Waals surface area contributed by atoms with Crippen molar-refractivity contribution in [2.24, 2.45) is 0 Å². The van der Waals surface area contributed by atoms with Crippen molar-refractivity contribution in [2.75, 3.05) is 19.6 Å². The summed E-state index contributed by atoms with van der Waals surface area (Å²) in [6.45, 7) is 4.21. The minimum absolute atomic E-state index is 0.101. The van der Waals surface area contributed by atoms with Crippen LogP contribution in [0.25, 0.3) is 0 Å². The fraction of sp³-hybridized carbons (Fsp3) is 0.818. The number of carbonyl (C=O) groups excluding carboxylic acids is 1. The summed E-state index contributed by atoms with van der Waals surface area (Å²) in [5.41, 5.74) is 0. The first kappa shape index (κ1) is 13.0. The summed E-state index contributed by atoms with van der Waals surface area (Å²) >= 11 is 0. The molecule has 0 bridgehead atoms. The normalized spacial score (nSPS) is 18.3. The average Bonchev–Trinajstić information content (AvgIpc) is 2.28. The second-order valence-electron chi connectivity index (χ2n) is 4.18. The molecule has 1 amide bonds. The van der Waals surface area contributed by atoms with Gasteiger partial charge in [0.1, 0.15) is 0 Å². The van der Waals surface area contributed by atoms with Crippen molar-refractivity contribution < 1.29 is 14.7 Å². The Kier molecular flexibility index (Phi) is 5.25. The lowest BCUT2D eigenvalue weighted by atomic mass is 10.0. The quantitative estimate of drug-likeness (QED) is 0.717. The molecule has 0 aromatic rings. The Balaban J connectivity index is 2.18. The number of nitrogens with one attached hydrogen (secondary N) is 1. The van der Waals surface area contributed by atoms with E-state index in [0.717, 1.165) is 25.9 Å². The Morgan fingerprint density at radius 1 is 1.38 bits per heavy atom. The van der Waals surface area contributed by atoms with Crippen LogP contribution < -0.4 is 5.32 Å². The van der Waals surface area contributed by atoms with Crippen LogP contribution in [0.4, 0.5) is 0 Å². The van der Waals surface area contributed by atoms with Gasteiger partial charge in [-0.05, 0) is 12.8 Å². The summed E-state index contributed by atoms with van der Waals surface area (Å²) < 4.78 is 0. The van der Waals surface area contributed by atoms with Gasteiger partial charge in [0.25, 0.3) is 0 Å². The second-order valence-corrected chi connectivity index (χ2v) is 4.18. The van der Waals surface area contributed by atoms with Gasteiger partial charge in [-0.3, -0.25) is 9.59 Å². The Hall–Kier alpha value is -1.10. The number of hydrogen-bond donors (Lipinski definition) is 2. The van der Waals surface area contributed by atoms with Gasteiger partial charge in [0.2, 0.25) is 5.91 Å². The number of aliphatic carboxylic acids is 1. The van der Waals surface area contributed by atoms with E-state index >= 15 is 0 Å². The molecule has 1 heterocycles. The lowest BCUT2D eigenvalue weighted by Crippen LogP contribution is -2.44. The Morgan fingerprint density at radius 3 is 2.50 bits per heavy atom. The summed E-state index contributed by atoms with van der Waals surface area (Å²) in [4.78, 5) is 23.7. The molecular weight excluding hydrogens is 208 g/mol. The molecule has 1 fully saturated rings. The Morgan fingerprint density at radius 2 is 2.00 bits per heavy atom. The molecule has 0 aliphatic carbocycles. The lowest BCUT2D eigenvalue weighted by Gasteiger charge is -2.31. The first-order valence-electron chi connectivity index (χ1n) is 5.85. The highest BCUT2D eigenvalue weighted by molar-refractivity contribution is 5.75. The minimum Gasteiger partial charge on any atom is -0.481 e. The third-order valence-electron chi connectivity index (χ3n) is 2.92. The molecule has 0 spiro atoms. The molecule has 92 valence electrons. The molecule has 0 aromatic heterocycles. The number of hydrogen-bond acceptors (Lipinski definition) is 3. The first-order valence-corrected chi connectivity index (χ1v) is 5.85. The molecule has 2 N–H and O–H groups in total. The van der Waals surface area contributed by atoms with Gasteiger partial charge in [0.15, 0.2) is 0 Å². The molecule has 1 aliphatic rings. The number of amides is 1. The van der Waals surface area contributed by atoms with Gasteiger partial charge < -0.3 is 15.3 Å². The van der Waals surface area contributed by atoms with E-state index in [1.54, 1.807) is 0 Å². The van der Waals surface area contributed by atoms with E-state index in [-0.39, 0.29) is 18.4 Å². The fourth-order valence-electron chi connectivity index (χ4n) is 1.88. The van der Waals surface area contributed by atoms with Crippen molar-refractivity contribution in [3.8, 4) is 0 Å². The third kappa shape index (κ3) is 4.61. The molecular formula is C11H20N2O3. The smallest absolute Gasteiger partial charge is 0.304 e. The van der Waals surface area contributed by atoms with Crippen LogP contribution in [0.5, 0.6) is 0 Å². The average molecular weight is 228 g/mol. The van der Waals surface area contributed by atoms with Gasteiger partial charge in [0, 0.05) is 32.1 Å². The number of nitrogens with zero attached hydrogens (tertiary/aromatic N) is 1. The zero-order valence-corrected chi connectivity index (χ0v) is 9.74. The maximum atomic E-state index is 11.2. The van der Waals surface area contributed by atoms with Gasteiger partial charge in [0.05, 0.1) is 6.42 Å². The van der Waals surface area contributed by atoms with Gasteiger partial charge in [-0.15, -0.1) is 0 Å². The molecule has 1 saturated heterocycles. The van der Waals surface area contributed by atoms with Crippen molar-refractivity contribution in [2.45, 2.75) is 38.6 Å². The summed E-state index contributed by atoms with van der Waals surface area (Å²) in [5, 5.41) is 11.5. The van der Waals surface area contributed by atoms with E-state index in [0.29, 0.717) is 13.0 Å². The lowest BCUT2D eigenvalue weighted by molar-refractivity contribution is -0.137. The van der Waals surface area contributed by atoms with Crippen LogP contribution in [0.1, 0.15) is 32.6 Å². The number of rotatable bonds is 5. The molecule has 0 saturated carbocycles. The highest BCUT2D eigenvalue weighted by Crippen LogP contribution is 2.10. The minimum atomic E-state index is -0.749. The van der Waals surface area contributed by atoms with E-state index in [1.807, 2.05) is 6.92 Å². The Bertz CT molecular complexity index is 248. The van der Waals surface area contributed by atoms with Gasteiger partial charge in [-0.2, -0.15) is 0 Å². The molecule has 0 atom stereocenters. The molecule has 16 heavy (non-hydrogen) atoms. The maximum absolute atomic E-state index is 11.2. The molecule has 1 rings (SSSR count). The number of carboxylic acid groups (broad SMARTS) is 1. The number of carboxylic acids is 1. The molecule has 1 aliphatic heterocycles. The topological polar surface area (TPSA) is 69.6 Å². The van der Waals surface area contributed by atoms with E-state index in [4.69, 9.17) is 5.11 Å². The zero-order chi connectivity index (χ0) is 12.0. The first-order chi connectivity index (χ1) is 7.61. The SMILES string of the molecule is CCC(=O)NC1CCN(CCC(=O)O)CC1. The highest BCUT2D eigenvalue weighted by Gasteiger charge is 2.20. The number of likely N-dealkylation sites (tertiary alicyclic amines) is 1. The number of carbonyl (C=O) groups is 2. The largest absolute Gasteiger partial charge is 0.481 e. The van der Waals surface area contributed by atoms with Crippen molar-refractivity contribution in [3.63, 3.8) is 0 Å². The third-order valence-corrected chi connectivity index (χ3v) is 2.92. The van der Waals surface area contributed by atoms with Crippen LogP contribution >= 0.6 is 0 Å². The Labute approximate surface area is 95.8 Å². The zero-order valence-electron chi connectivity index (χ0n) is 9.74. The van der Waals surface area contributed by atoms with Crippen LogP contribution in [0, 0.1) is 0 Å². The van der Waals surface area contributed by atoms with Crippen LogP contribution in [0.15, 0.2) is 0 Å². The van der Waals surface area contributed by atoms with Crippen molar-refractivity contribution >= 4 is 11.9 Å². The predicted octanol–water partition coefficient (Wildman–Crippen LogP) is 0.452.